The Morgan fingerprint density at radius 3 is 2.85 bits per heavy atom. The van der Waals surface area contributed by atoms with Crippen LogP contribution in [0.15, 0.2) is 18.3 Å². The maximum absolute atomic E-state index is 4.33. The van der Waals surface area contributed by atoms with E-state index in [-0.39, 0.29) is 0 Å². The molecule has 1 rings (SSSR count). The van der Waals surface area contributed by atoms with Crippen LogP contribution in [0, 0.1) is 5.92 Å². The van der Waals surface area contributed by atoms with Crippen molar-refractivity contribution in [2.45, 2.75) is 26.7 Å². The first-order valence-corrected chi connectivity index (χ1v) is 5.63. The van der Waals surface area contributed by atoms with E-state index in [0.717, 1.165) is 18.2 Å². The monoisotopic (exact) mass is 240 g/mol. The molecule has 1 aromatic heterocycles. The quantitative estimate of drug-likeness (QED) is 0.738. The van der Waals surface area contributed by atoms with Crippen LogP contribution in [-0.2, 0) is 12.8 Å². The highest BCUT2D eigenvalue weighted by atomic mass is 79.9. The first kappa shape index (κ1) is 10.7. The van der Waals surface area contributed by atoms with Crippen LogP contribution in [0.1, 0.15) is 25.1 Å². The van der Waals surface area contributed by atoms with Gasteiger partial charge in [-0.2, -0.15) is 0 Å². The van der Waals surface area contributed by atoms with Gasteiger partial charge in [0.25, 0.3) is 0 Å². The van der Waals surface area contributed by atoms with Crippen molar-refractivity contribution in [1.82, 2.24) is 4.98 Å². The fourth-order valence-corrected chi connectivity index (χ4v) is 1.71. The van der Waals surface area contributed by atoms with Gasteiger partial charge in [-0.15, -0.1) is 0 Å². The molecule has 0 amide bonds. The van der Waals surface area contributed by atoms with Crippen LogP contribution in [0.5, 0.6) is 0 Å². The molecule has 0 saturated carbocycles. The molecule has 0 saturated heterocycles. The standard InChI is InChI=1S/C11H15BrN/c1-9(2)7-11-8-10(3-5-12)4-6-13-11/h4,6,8H,3,5,7H2,1-2H3. The highest BCUT2D eigenvalue weighted by Crippen LogP contribution is 2.09. The smallest absolute Gasteiger partial charge is 0.0411 e. The molecule has 0 unspecified atom stereocenters. The lowest BCUT2D eigenvalue weighted by Gasteiger charge is -2.05. The molecule has 13 heavy (non-hydrogen) atoms. The molecule has 0 atom stereocenters. The molecule has 0 aliphatic heterocycles. The van der Waals surface area contributed by atoms with Gasteiger partial charge in [0.2, 0.25) is 0 Å². The second-order valence-corrected chi connectivity index (χ2v) is 4.27. The Hall–Kier alpha value is -0.370. The van der Waals surface area contributed by atoms with Gasteiger partial charge in [0, 0.05) is 17.2 Å². The van der Waals surface area contributed by atoms with E-state index in [4.69, 9.17) is 0 Å². The lowest BCUT2D eigenvalue weighted by molar-refractivity contribution is 0.909. The van der Waals surface area contributed by atoms with Crippen molar-refractivity contribution in [2.24, 2.45) is 0 Å². The summed E-state index contributed by atoms with van der Waals surface area (Å²) >= 11 is 3.44. The molecule has 0 aromatic carbocycles. The maximum Gasteiger partial charge on any atom is 0.0411 e. The van der Waals surface area contributed by atoms with Crippen molar-refractivity contribution in [3.05, 3.63) is 35.5 Å². The molecule has 0 aliphatic rings. The minimum absolute atomic E-state index is 0.996. The molecule has 1 radical (unpaired) electrons. The van der Waals surface area contributed by atoms with Gasteiger partial charge in [-0.05, 0) is 36.5 Å². The third kappa shape index (κ3) is 3.90. The number of rotatable bonds is 4. The molecular weight excluding hydrogens is 226 g/mol. The van der Waals surface area contributed by atoms with E-state index in [2.05, 4.69) is 46.9 Å². The normalized spacial score (nSPS) is 10.8. The van der Waals surface area contributed by atoms with Gasteiger partial charge in [0.1, 0.15) is 0 Å². The highest BCUT2D eigenvalue weighted by molar-refractivity contribution is 9.09. The molecule has 0 spiro atoms. The van der Waals surface area contributed by atoms with E-state index in [1.165, 1.54) is 17.2 Å². The van der Waals surface area contributed by atoms with Gasteiger partial charge >= 0.3 is 0 Å². The van der Waals surface area contributed by atoms with Crippen molar-refractivity contribution >= 4 is 15.9 Å². The van der Waals surface area contributed by atoms with E-state index in [0.29, 0.717) is 0 Å². The number of hydrogen-bond donors (Lipinski definition) is 0. The number of alkyl halides is 1. The van der Waals surface area contributed by atoms with Crippen LogP contribution in [0.25, 0.3) is 0 Å². The third-order valence-corrected chi connectivity index (χ3v) is 2.20. The van der Waals surface area contributed by atoms with Crippen molar-refractivity contribution in [3.8, 4) is 0 Å². The van der Waals surface area contributed by atoms with Crippen molar-refractivity contribution in [3.63, 3.8) is 0 Å². The Morgan fingerprint density at radius 1 is 1.46 bits per heavy atom. The summed E-state index contributed by atoms with van der Waals surface area (Å²) in [5.41, 5.74) is 2.54. The second-order valence-electron chi connectivity index (χ2n) is 3.48. The number of hydrogen-bond acceptors (Lipinski definition) is 1. The van der Waals surface area contributed by atoms with Gasteiger partial charge < -0.3 is 0 Å². The topological polar surface area (TPSA) is 12.9 Å². The van der Waals surface area contributed by atoms with Crippen LogP contribution in [-0.4, -0.2) is 10.3 Å². The van der Waals surface area contributed by atoms with Gasteiger partial charge in [0.15, 0.2) is 0 Å². The predicted octanol–water partition coefficient (Wildman–Crippen LogP) is 3.18. The summed E-state index contributed by atoms with van der Waals surface area (Å²) in [6, 6.07) is 4.27. The summed E-state index contributed by atoms with van der Waals surface area (Å²) in [4.78, 5) is 4.33. The van der Waals surface area contributed by atoms with E-state index < -0.39 is 0 Å². The molecular formula is C11H15BrN. The lowest BCUT2D eigenvalue weighted by Crippen LogP contribution is -1.97. The summed E-state index contributed by atoms with van der Waals surface area (Å²) in [5.74, 6) is 1.41. The van der Waals surface area contributed by atoms with E-state index in [1.807, 2.05) is 6.20 Å². The Bertz CT molecular complexity index is 258. The number of aromatic nitrogens is 1. The predicted molar refractivity (Wildman–Crippen MR) is 60.0 cm³/mol. The van der Waals surface area contributed by atoms with E-state index in [9.17, 15) is 0 Å². The summed E-state index contributed by atoms with van der Waals surface area (Å²) in [6.07, 6.45) is 3.98. The Morgan fingerprint density at radius 2 is 2.23 bits per heavy atom. The fourth-order valence-electron chi connectivity index (χ4n) is 1.25. The zero-order valence-electron chi connectivity index (χ0n) is 8.18. The molecule has 0 bridgehead atoms. The van der Waals surface area contributed by atoms with Crippen LogP contribution in [0.3, 0.4) is 0 Å². The van der Waals surface area contributed by atoms with Gasteiger partial charge in [-0.25, -0.2) is 0 Å². The Balaban J connectivity index is 2.67. The van der Waals surface area contributed by atoms with Crippen LogP contribution in [0.2, 0.25) is 0 Å². The fraction of sp³-hybridized carbons (Fsp3) is 0.455. The van der Waals surface area contributed by atoms with Crippen LogP contribution < -0.4 is 0 Å². The maximum atomic E-state index is 4.33. The van der Waals surface area contributed by atoms with Crippen LogP contribution in [0.4, 0.5) is 0 Å². The highest BCUT2D eigenvalue weighted by Gasteiger charge is 2.00. The van der Waals surface area contributed by atoms with Crippen molar-refractivity contribution < 1.29 is 0 Å². The minimum Gasteiger partial charge on any atom is -0.261 e. The molecule has 0 N–H and O–H groups in total. The van der Waals surface area contributed by atoms with E-state index in [1.54, 1.807) is 0 Å². The second kappa shape index (κ2) is 5.38. The SMILES string of the molecule is C[C](C)Cc1cc(CCBr)ccn1. The number of aryl methyl sites for hydroxylation is 1. The summed E-state index contributed by atoms with van der Waals surface area (Å²) in [6.45, 7) is 4.28. The average Bonchev–Trinajstić information content (AvgIpc) is 2.04. The third-order valence-electron chi connectivity index (χ3n) is 1.80. The molecule has 71 valence electrons. The Labute approximate surface area is 88.7 Å². The van der Waals surface area contributed by atoms with Gasteiger partial charge in [-0.3, -0.25) is 4.98 Å². The average molecular weight is 241 g/mol. The van der Waals surface area contributed by atoms with Crippen molar-refractivity contribution in [2.75, 3.05) is 5.33 Å². The Kier molecular flexibility index (Phi) is 4.43. The molecule has 1 aromatic rings. The van der Waals surface area contributed by atoms with Gasteiger partial charge in [0.05, 0.1) is 0 Å². The zero-order valence-corrected chi connectivity index (χ0v) is 9.76. The number of pyridine rings is 1. The van der Waals surface area contributed by atoms with Gasteiger partial charge in [-0.1, -0.05) is 29.8 Å². The molecule has 2 heteroatoms. The first-order valence-electron chi connectivity index (χ1n) is 4.51. The molecule has 0 aliphatic carbocycles. The lowest BCUT2D eigenvalue weighted by atomic mass is 10.1. The first-order chi connectivity index (χ1) is 6.22. The summed E-state index contributed by atoms with van der Waals surface area (Å²) in [5, 5.41) is 1.02. The zero-order chi connectivity index (χ0) is 9.68. The minimum atomic E-state index is 0.996. The molecule has 1 nitrogen and oxygen atoms in total. The summed E-state index contributed by atoms with van der Waals surface area (Å²) in [7, 11) is 0. The van der Waals surface area contributed by atoms with Crippen molar-refractivity contribution in [1.29, 1.82) is 0 Å². The van der Waals surface area contributed by atoms with Crippen LogP contribution >= 0.6 is 15.9 Å². The summed E-state index contributed by atoms with van der Waals surface area (Å²) < 4.78 is 0. The van der Waals surface area contributed by atoms with E-state index >= 15 is 0 Å². The largest absolute Gasteiger partial charge is 0.261 e. The number of halogens is 1. The number of nitrogens with zero attached hydrogens (tertiary/aromatic N) is 1. The molecule has 1 heterocycles. The molecule has 0 fully saturated rings.